The van der Waals surface area contributed by atoms with Gasteiger partial charge in [0.2, 0.25) is 0 Å². The van der Waals surface area contributed by atoms with E-state index in [4.69, 9.17) is 11.6 Å². The Hall–Kier alpha value is -0.580. The van der Waals surface area contributed by atoms with E-state index in [0.29, 0.717) is 6.42 Å². The van der Waals surface area contributed by atoms with Gasteiger partial charge in [0.1, 0.15) is 5.54 Å². The lowest BCUT2D eigenvalue weighted by Crippen LogP contribution is -2.51. The number of hydrogen-bond acceptors (Lipinski definition) is 3. The second-order valence-electron chi connectivity index (χ2n) is 5.20. The molecular formula is C14H20ClNO2S. The fraction of sp³-hybridized carbons (Fsp3) is 0.643. The number of carbonyl (C=O) groups is 1. The Morgan fingerprint density at radius 2 is 2.37 bits per heavy atom. The zero-order valence-electron chi connectivity index (χ0n) is 11.4. The van der Waals surface area contributed by atoms with Crippen LogP contribution in [0.2, 0.25) is 4.34 Å². The Balaban J connectivity index is 2.28. The minimum absolute atomic E-state index is 0.114. The fourth-order valence-corrected chi connectivity index (χ4v) is 4.31. The van der Waals surface area contributed by atoms with E-state index in [2.05, 4.69) is 11.8 Å². The number of thiophene rings is 1. The highest BCUT2D eigenvalue weighted by atomic mass is 35.5. The van der Waals surface area contributed by atoms with E-state index in [1.165, 1.54) is 0 Å². The van der Waals surface area contributed by atoms with Gasteiger partial charge in [-0.05, 0) is 44.9 Å². The van der Waals surface area contributed by atoms with Crippen LogP contribution in [0, 0.1) is 0 Å². The molecule has 1 saturated heterocycles. The van der Waals surface area contributed by atoms with E-state index in [1.54, 1.807) is 11.3 Å². The quantitative estimate of drug-likeness (QED) is 0.887. The van der Waals surface area contributed by atoms with Crippen LogP contribution >= 0.6 is 22.9 Å². The SMILES string of the molecule is CCCC1(C(=O)O)CCCN1C(C)c1ccc(Cl)s1. The predicted octanol–water partition coefficient (Wildman–Crippen LogP) is 4.18. The number of likely N-dealkylation sites (tertiary alicyclic amines) is 1. The van der Waals surface area contributed by atoms with Crippen molar-refractivity contribution in [1.82, 2.24) is 4.90 Å². The Labute approximate surface area is 123 Å². The van der Waals surface area contributed by atoms with E-state index in [-0.39, 0.29) is 6.04 Å². The molecule has 2 atom stereocenters. The Morgan fingerprint density at radius 3 is 2.89 bits per heavy atom. The minimum atomic E-state index is -0.690. The van der Waals surface area contributed by atoms with Crippen LogP contribution in [-0.4, -0.2) is 28.1 Å². The molecule has 19 heavy (non-hydrogen) atoms. The van der Waals surface area contributed by atoms with E-state index in [0.717, 1.165) is 35.0 Å². The molecule has 5 heteroatoms. The summed E-state index contributed by atoms with van der Waals surface area (Å²) >= 11 is 7.53. The van der Waals surface area contributed by atoms with Crippen molar-refractivity contribution in [2.75, 3.05) is 6.54 Å². The van der Waals surface area contributed by atoms with Gasteiger partial charge in [-0.1, -0.05) is 24.9 Å². The Kier molecular flexibility index (Phi) is 4.54. The number of carboxylic acid groups (broad SMARTS) is 1. The van der Waals surface area contributed by atoms with Crippen LogP contribution in [0.4, 0.5) is 0 Å². The summed E-state index contributed by atoms with van der Waals surface area (Å²) in [5.74, 6) is -0.679. The Bertz CT molecular complexity index is 462. The number of hydrogen-bond donors (Lipinski definition) is 1. The highest BCUT2D eigenvalue weighted by Crippen LogP contribution is 2.42. The predicted molar refractivity (Wildman–Crippen MR) is 79.0 cm³/mol. The summed E-state index contributed by atoms with van der Waals surface area (Å²) in [6.45, 7) is 4.98. The first kappa shape index (κ1) is 14.8. The molecule has 1 aromatic heterocycles. The van der Waals surface area contributed by atoms with E-state index < -0.39 is 11.5 Å². The first-order valence-electron chi connectivity index (χ1n) is 6.76. The van der Waals surface area contributed by atoms with Gasteiger partial charge in [0.15, 0.2) is 0 Å². The van der Waals surface area contributed by atoms with Crippen molar-refractivity contribution in [3.8, 4) is 0 Å². The van der Waals surface area contributed by atoms with Gasteiger partial charge in [0, 0.05) is 10.9 Å². The number of aliphatic carboxylic acids is 1. The molecule has 1 aromatic rings. The molecule has 0 aromatic carbocycles. The molecule has 0 radical (unpaired) electrons. The monoisotopic (exact) mass is 301 g/mol. The van der Waals surface area contributed by atoms with Gasteiger partial charge in [-0.3, -0.25) is 9.69 Å². The molecule has 1 fully saturated rings. The number of rotatable bonds is 5. The van der Waals surface area contributed by atoms with Crippen molar-refractivity contribution in [2.45, 2.75) is 51.1 Å². The molecule has 0 bridgehead atoms. The topological polar surface area (TPSA) is 40.5 Å². The van der Waals surface area contributed by atoms with E-state index in [9.17, 15) is 9.90 Å². The van der Waals surface area contributed by atoms with Gasteiger partial charge in [0.25, 0.3) is 0 Å². The number of carboxylic acids is 1. The number of nitrogens with zero attached hydrogens (tertiary/aromatic N) is 1. The van der Waals surface area contributed by atoms with Crippen molar-refractivity contribution in [1.29, 1.82) is 0 Å². The van der Waals surface area contributed by atoms with Crippen LogP contribution in [0.25, 0.3) is 0 Å². The molecule has 0 spiro atoms. The van der Waals surface area contributed by atoms with Crippen LogP contribution < -0.4 is 0 Å². The van der Waals surface area contributed by atoms with Crippen LogP contribution in [0.1, 0.15) is 50.4 Å². The summed E-state index contributed by atoms with van der Waals surface area (Å²) in [6, 6.07) is 4.01. The third-order valence-electron chi connectivity index (χ3n) is 4.07. The third kappa shape index (κ3) is 2.67. The molecule has 0 aliphatic carbocycles. The van der Waals surface area contributed by atoms with Gasteiger partial charge in [-0.2, -0.15) is 0 Å². The van der Waals surface area contributed by atoms with Gasteiger partial charge in [-0.15, -0.1) is 11.3 Å². The summed E-state index contributed by atoms with van der Waals surface area (Å²) in [4.78, 5) is 15.1. The summed E-state index contributed by atoms with van der Waals surface area (Å²) in [5.41, 5.74) is -0.690. The zero-order chi connectivity index (χ0) is 14.0. The molecule has 3 nitrogen and oxygen atoms in total. The molecule has 1 N–H and O–H groups in total. The summed E-state index contributed by atoms with van der Waals surface area (Å²) in [7, 11) is 0. The maximum Gasteiger partial charge on any atom is 0.324 e. The molecule has 1 aliphatic heterocycles. The molecule has 106 valence electrons. The van der Waals surface area contributed by atoms with Gasteiger partial charge >= 0.3 is 5.97 Å². The van der Waals surface area contributed by atoms with Gasteiger partial charge < -0.3 is 5.11 Å². The molecular weight excluding hydrogens is 282 g/mol. The molecule has 2 rings (SSSR count). The van der Waals surface area contributed by atoms with Crippen LogP contribution in [0.5, 0.6) is 0 Å². The van der Waals surface area contributed by atoms with Crippen LogP contribution in [0.15, 0.2) is 12.1 Å². The fourth-order valence-electron chi connectivity index (χ4n) is 3.19. The lowest BCUT2D eigenvalue weighted by Gasteiger charge is -2.38. The van der Waals surface area contributed by atoms with Crippen molar-refractivity contribution >= 4 is 28.9 Å². The average Bonchev–Trinajstić information content (AvgIpc) is 2.96. The number of halogens is 1. The van der Waals surface area contributed by atoms with Gasteiger partial charge in [0.05, 0.1) is 4.34 Å². The minimum Gasteiger partial charge on any atom is -0.480 e. The second kappa shape index (κ2) is 5.81. The molecule has 2 heterocycles. The highest BCUT2D eigenvalue weighted by Gasteiger charge is 2.48. The smallest absolute Gasteiger partial charge is 0.324 e. The zero-order valence-corrected chi connectivity index (χ0v) is 12.9. The maximum absolute atomic E-state index is 11.8. The summed E-state index contributed by atoms with van der Waals surface area (Å²) in [6.07, 6.45) is 3.31. The molecule has 0 saturated carbocycles. The van der Waals surface area contributed by atoms with Crippen LogP contribution in [-0.2, 0) is 4.79 Å². The summed E-state index contributed by atoms with van der Waals surface area (Å²) < 4.78 is 0.762. The van der Waals surface area contributed by atoms with E-state index >= 15 is 0 Å². The third-order valence-corrected chi connectivity index (χ3v) is 5.48. The lowest BCUT2D eigenvalue weighted by atomic mass is 9.89. The van der Waals surface area contributed by atoms with Gasteiger partial charge in [-0.25, -0.2) is 0 Å². The largest absolute Gasteiger partial charge is 0.480 e. The highest BCUT2D eigenvalue weighted by molar-refractivity contribution is 7.16. The van der Waals surface area contributed by atoms with Crippen LogP contribution in [0.3, 0.4) is 0 Å². The standard InChI is InChI=1S/C14H20ClNO2S/c1-3-7-14(13(17)18)8-4-9-16(14)10(2)11-5-6-12(15)19-11/h5-6,10H,3-4,7-9H2,1-2H3,(H,17,18). The van der Waals surface area contributed by atoms with Crippen molar-refractivity contribution in [3.05, 3.63) is 21.3 Å². The lowest BCUT2D eigenvalue weighted by molar-refractivity contribution is -0.151. The second-order valence-corrected chi connectivity index (χ2v) is 6.95. The van der Waals surface area contributed by atoms with Crippen molar-refractivity contribution in [2.24, 2.45) is 0 Å². The normalized spacial score (nSPS) is 25.6. The van der Waals surface area contributed by atoms with Crippen molar-refractivity contribution in [3.63, 3.8) is 0 Å². The van der Waals surface area contributed by atoms with E-state index in [1.807, 2.05) is 19.1 Å². The summed E-state index contributed by atoms with van der Waals surface area (Å²) in [5, 5.41) is 9.70. The molecule has 1 aliphatic rings. The maximum atomic E-state index is 11.8. The van der Waals surface area contributed by atoms with Crippen molar-refractivity contribution < 1.29 is 9.90 Å². The Morgan fingerprint density at radius 1 is 1.63 bits per heavy atom. The first-order valence-corrected chi connectivity index (χ1v) is 7.96. The average molecular weight is 302 g/mol. The molecule has 0 amide bonds. The molecule has 2 unspecified atom stereocenters. The first-order chi connectivity index (χ1) is 9.01.